The molecule has 1 aliphatic heterocycles. The van der Waals surface area contributed by atoms with Crippen LogP contribution >= 0.6 is 0 Å². The summed E-state index contributed by atoms with van der Waals surface area (Å²) in [6, 6.07) is 26.1. The van der Waals surface area contributed by atoms with Crippen molar-refractivity contribution in [1.82, 2.24) is 4.72 Å². The van der Waals surface area contributed by atoms with E-state index in [0.29, 0.717) is 17.7 Å². The first kappa shape index (κ1) is 24.7. The molecule has 0 spiro atoms. The third-order valence-corrected chi connectivity index (χ3v) is 8.15. The van der Waals surface area contributed by atoms with E-state index in [2.05, 4.69) is 4.72 Å². The van der Waals surface area contributed by atoms with Crippen LogP contribution in [0.15, 0.2) is 95.9 Å². The Morgan fingerprint density at radius 2 is 1.70 bits per heavy atom. The van der Waals surface area contributed by atoms with Crippen LogP contribution in [-0.4, -0.2) is 32.7 Å². The quantitative estimate of drug-likeness (QED) is 0.256. The molecule has 4 aromatic carbocycles. The molecule has 37 heavy (non-hydrogen) atoms. The lowest BCUT2D eigenvalue weighted by Gasteiger charge is -2.32. The van der Waals surface area contributed by atoms with Gasteiger partial charge in [-0.25, -0.2) is 8.42 Å². The van der Waals surface area contributed by atoms with E-state index in [1.165, 1.54) is 0 Å². The first-order valence-corrected chi connectivity index (χ1v) is 13.6. The lowest BCUT2D eigenvalue weighted by atomic mass is 9.99. The summed E-state index contributed by atoms with van der Waals surface area (Å²) in [5, 5.41) is 9.48. The molecular weight excluding hydrogens is 484 g/mol. The predicted molar refractivity (Wildman–Crippen MR) is 146 cm³/mol. The highest BCUT2D eigenvalue weighted by atomic mass is 32.2. The number of fused-ring (bicyclic) bond motifs is 2. The first-order valence-electron chi connectivity index (χ1n) is 12.2. The van der Waals surface area contributed by atoms with Gasteiger partial charge >= 0.3 is 0 Å². The smallest absolute Gasteiger partial charge is 0.245 e. The van der Waals surface area contributed by atoms with Gasteiger partial charge in [-0.3, -0.25) is 10.2 Å². The number of nitrogens with two attached hydrogens (primary N) is 1. The number of nitrogen functional groups attached to an aromatic ring is 1. The van der Waals surface area contributed by atoms with E-state index in [0.717, 1.165) is 34.9 Å². The van der Waals surface area contributed by atoms with E-state index in [9.17, 15) is 13.2 Å². The number of amides is 1. The number of nitrogens with one attached hydrogen (secondary N) is 2. The van der Waals surface area contributed by atoms with E-state index in [-0.39, 0.29) is 23.1 Å². The Labute approximate surface area is 216 Å². The minimum Gasteiger partial charge on any atom is -0.384 e. The third-order valence-electron chi connectivity index (χ3n) is 6.68. The van der Waals surface area contributed by atoms with Crippen molar-refractivity contribution in [2.24, 2.45) is 5.73 Å². The van der Waals surface area contributed by atoms with Crippen LogP contribution in [0.5, 0.6) is 0 Å². The second-order valence-electron chi connectivity index (χ2n) is 9.22. The fourth-order valence-electron chi connectivity index (χ4n) is 4.82. The summed E-state index contributed by atoms with van der Waals surface area (Å²) in [5.74, 6) is -0.406. The molecule has 5 rings (SSSR count). The van der Waals surface area contributed by atoms with Crippen molar-refractivity contribution in [3.8, 4) is 0 Å². The van der Waals surface area contributed by atoms with Gasteiger partial charge in [-0.15, -0.1) is 0 Å². The van der Waals surface area contributed by atoms with Crippen LogP contribution in [0.2, 0.25) is 0 Å². The number of hydrogen-bond donors (Lipinski definition) is 3. The molecule has 1 unspecified atom stereocenters. The highest BCUT2D eigenvalue weighted by molar-refractivity contribution is 7.89. The summed E-state index contributed by atoms with van der Waals surface area (Å²) in [6.45, 7) is 0.511. The van der Waals surface area contributed by atoms with Gasteiger partial charge in [0.2, 0.25) is 15.9 Å². The van der Waals surface area contributed by atoms with Crippen molar-refractivity contribution in [3.05, 3.63) is 108 Å². The second kappa shape index (κ2) is 10.2. The molecule has 0 saturated carbocycles. The number of benzene rings is 4. The summed E-state index contributed by atoms with van der Waals surface area (Å²) in [5.41, 5.74) is 8.76. The molecule has 0 bridgehead atoms. The molecule has 7 nitrogen and oxygen atoms in total. The largest absolute Gasteiger partial charge is 0.384 e. The minimum absolute atomic E-state index is 0.0913. The standard InChI is InChI=1S/C29H28N4O3S/c30-28(31)24-11-5-7-20(17-24)18-26(29(34)33-16-6-12-22-9-3-4-13-27(22)33)32-37(35,36)25-15-14-21-8-1-2-10-23(21)19-25/h1-5,7-11,13-15,17,19,26,32H,6,12,16,18H2,(H3,30,31). The van der Waals surface area contributed by atoms with Gasteiger partial charge in [-0.05, 0) is 65.4 Å². The lowest BCUT2D eigenvalue weighted by Crippen LogP contribution is -2.51. The predicted octanol–water partition coefficient (Wildman–Crippen LogP) is 3.99. The normalized spacial score (nSPS) is 14.2. The van der Waals surface area contributed by atoms with Gasteiger partial charge in [0.05, 0.1) is 4.90 Å². The number of amidine groups is 1. The van der Waals surface area contributed by atoms with Crippen molar-refractivity contribution < 1.29 is 13.2 Å². The number of hydrogen-bond acceptors (Lipinski definition) is 4. The SMILES string of the molecule is N=C(N)c1cccc(CC(NS(=O)(=O)c2ccc3ccccc3c2)C(=O)N2CCCc3ccccc32)c1. The van der Waals surface area contributed by atoms with E-state index >= 15 is 0 Å². The molecule has 1 aliphatic rings. The number of carbonyl (C=O) groups excluding carboxylic acids is 1. The van der Waals surface area contributed by atoms with Crippen molar-refractivity contribution in [3.63, 3.8) is 0 Å². The zero-order valence-electron chi connectivity index (χ0n) is 20.2. The zero-order valence-corrected chi connectivity index (χ0v) is 21.0. The van der Waals surface area contributed by atoms with Gasteiger partial charge in [-0.1, -0.05) is 66.7 Å². The van der Waals surface area contributed by atoms with Gasteiger partial charge in [0.15, 0.2) is 0 Å². The zero-order chi connectivity index (χ0) is 26.0. The second-order valence-corrected chi connectivity index (χ2v) is 10.9. The third kappa shape index (κ3) is 5.26. The Kier molecular flexibility index (Phi) is 6.78. The Hall–Kier alpha value is -4.01. The number of anilines is 1. The van der Waals surface area contributed by atoms with Crippen molar-refractivity contribution in [2.45, 2.75) is 30.2 Å². The van der Waals surface area contributed by atoms with Crippen LogP contribution in [0, 0.1) is 5.41 Å². The molecule has 8 heteroatoms. The molecule has 0 fully saturated rings. The molecular formula is C29H28N4O3S. The average Bonchev–Trinajstić information content (AvgIpc) is 2.91. The molecule has 0 radical (unpaired) electrons. The summed E-state index contributed by atoms with van der Waals surface area (Å²) >= 11 is 0. The van der Waals surface area contributed by atoms with Crippen LogP contribution in [-0.2, 0) is 27.7 Å². The maximum atomic E-state index is 13.9. The van der Waals surface area contributed by atoms with Crippen LogP contribution in [0.4, 0.5) is 5.69 Å². The fraction of sp³-hybridized carbons (Fsp3) is 0.172. The first-order chi connectivity index (χ1) is 17.8. The topological polar surface area (TPSA) is 116 Å². The number of carbonyl (C=O) groups is 1. The van der Waals surface area contributed by atoms with Crippen LogP contribution in [0.25, 0.3) is 10.8 Å². The van der Waals surface area contributed by atoms with E-state index < -0.39 is 16.1 Å². The molecule has 4 aromatic rings. The number of sulfonamides is 1. The average molecular weight is 513 g/mol. The van der Waals surface area contributed by atoms with Gasteiger partial charge in [0, 0.05) is 17.8 Å². The number of nitrogens with zero attached hydrogens (tertiary/aromatic N) is 1. The van der Waals surface area contributed by atoms with E-state index in [4.69, 9.17) is 11.1 Å². The van der Waals surface area contributed by atoms with Crippen LogP contribution in [0.3, 0.4) is 0 Å². The molecule has 1 atom stereocenters. The number of aryl methyl sites for hydroxylation is 1. The summed E-state index contributed by atoms with van der Waals surface area (Å²) in [4.78, 5) is 15.7. The Balaban J connectivity index is 1.51. The van der Waals surface area contributed by atoms with Gasteiger partial charge in [0.1, 0.15) is 11.9 Å². The lowest BCUT2D eigenvalue weighted by molar-refractivity contribution is -0.120. The molecule has 1 amide bonds. The maximum absolute atomic E-state index is 13.9. The fourth-order valence-corrected chi connectivity index (χ4v) is 6.05. The van der Waals surface area contributed by atoms with Crippen molar-refractivity contribution in [1.29, 1.82) is 5.41 Å². The minimum atomic E-state index is -4.02. The van der Waals surface area contributed by atoms with E-state index in [1.807, 2.05) is 48.5 Å². The summed E-state index contributed by atoms with van der Waals surface area (Å²) in [6.07, 6.45) is 1.78. The van der Waals surface area contributed by atoms with E-state index in [1.54, 1.807) is 47.4 Å². The summed E-state index contributed by atoms with van der Waals surface area (Å²) in [7, 11) is -4.02. The molecule has 0 aliphatic carbocycles. The van der Waals surface area contributed by atoms with Gasteiger partial charge in [0.25, 0.3) is 0 Å². The Morgan fingerprint density at radius 1 is 0.946 bits per heavy atom. The molecule has 1 heterocycles. The highest BCUT2D eigenvalue weighted by Gasteiger charge is 2.32. The highest BCUT2D eigenvalue weighted by Crippen LogP contribution is 2.28. The molecule has 4 N–H and O–H groups in total. The van der Waals surface area contributed by atoms with Gasteiger partial charge in [-0.2, -0.15) is 4.72 Å². The molecule has 0 saturated heterocycles. The molecule has 188 valence electrons. The van der Waals surface area contributed by atoms with Crippen LogP contribution in [0.1, 0.15) is 23.1 Å². The summed E-state index contributed by atoms with van der Waals surface area (Å²) < 4.78 is 29.8. The van der Waals surface area contributed by atoms with Gasteiger partial charge < -0.3 is 10.6 Å². The molecule has 0 aromatic heterocycles. The Morgan fingerprint density at radius 3 is 2.51 bits per heavy atom. The van der Waals surface area contributed by atoms with Crippen molar-refractivity contribution in [2.75, 3.05) is 11.4 Å². The monoisotopic (exact) mass is 512 g/mol. The van der Waals surface area contributed by atoms with Crippen molar-refractivity contribution >= 4 is 38.2 Å². The maximum Gasteiger partial charge on any atom is 0.245 e. The number of para-hydroxylation sites is 1. The Bertz CT molecular complexity index is 1600. The van der Waals surface area contributed by atoms with Crippen LogP contribution < -0.4 is 15.4 Å². The number of rotatable bonds is 7.